The molecule has 0 spiro atoms. The van der Waals surface area contributed by atoms with Gasteiger partial charge in [0.15, 0.2) is 11.6 Å². The highest BCUT2D eigenvalue weighted by atomic mass is 19.1. The van der Waals surface area contributed by atoms with Crippen LogP contribution in [-0.2, 0) is 13.5 Å². The highest BCUT2D eigenvalue weighted by Crippen LogP contribution is 2.29. The molecule has 1 atom stereocenters. The van der Waals surface area contributed by atoms with Crippen molar-refractivity contribution in [3.05, 3.63) is 47.0 Å². The summed E-state index contributed by atoms with van der Waals surface area (Å²) in [7, 11) is 5.15. The van der Waals surface area contributed by atoms with Gasteiger partial charge < -0.3 is 10.1 Å². The first kappa shape index (κ1) is 14.5. The van der Waals surface area contributed by atoms with Crippen LogP contribution in [0.15, 0.2) is 24.3 Å². The molecular weight excluding hydrogens is 257 g/mol. The minimum absolute atomic E-state index is 0.251. The number of hydrogen-bond donors (Lipinski definition) is 1. The lowest BCUT2D eigenvalue weighted by atomic mass is 10.0. The third-order valence-corrected chi connectivity index (χ3v) is 3.44. The first-order valence-corrected chi connectivity index (χ1v) is 6.64. The second-order valence-corrected chi connectivity index (χ2v) is 4.62. The van der Waals surface area contributed by atoms with Crippen LogP contribution in [0.25, 0.3) is 0 Å². The molecule has 5 heteroatoms. The maximum Gasteiger partial charge on any atom is 0.170 e. The fraction of sp³-hybridized carbons (Fsp3) is 0.400. The maximum absolute atomic E-state index is 14.4. The van der Waals surface area contributed by atoms with Crippen LogP contribution in [0.4, 0.5) is 4.39 Å². The van der Waals surface area contributed by atoms with Gasteiger partial charge in [-0.15, -0.1) is 0 Å². The second-order valence-electron chi connectivity index (χ2n) is 4.62. The molecule has 0 radical (unpaired) electrons. The van der Waals surface area contributed by atoms with Crippen molar-refractivity contribution in [3.63, 3.8) is 0 Å². The van der Waals surface area contributed by atoms with Crippen LogP contribution in [0.2, 0.25) is 0 Å². The van der Waals surface area contributed by atoms with E-state index in [2.05, 4.69) is 10.4 Å². The normalized spacial score (nSPS) is 12.4. The molecule has 2 aromatic rings. The molecule has 1 heterocycles. The quantitative estimate of drug-likeness (QED) is 0.912. The number of hydrogen-bond acceptors (Lipinski definition) is 3. The average Bonchev–Trinajstić information content (AvgIpc) is 2.83. The van der Waals surface area contributed by atoms with E-state index in [1.165, 1.54) is 7.11 Å². The Balaban J connectivity index is 2.49. The number of methoxy groups -OCH3 is 1. The summed E-state index contributed by atoms with van der Waals surface area (Å²) in [6, 6.07) is 6.91. The Hall–Kier alpha value is -1.88. The lowest BCUT2D eigenvalue weighted by Crippen LogP contribution is -2.21. The van der Waals surface area contributed by atoms with Crippen LogP contribution in [0.3, 0.4) is 0 Å². The summed E-state index contributed by atoms with van der Waals surface area (Å²) in [4.78, 5) is 0. The van der Waals surface area contributed by atoms with Crippen molar-refractivity contribution in [2.24, 2.45) is 7.05 Å². The Labute approximate surface area is 118 Å². The SMILES string of the molecule is CCc1cc(C(NC)c2cccc(OC)c2F)n(C)n1. The predicted molar refractivity (Wildman–Crippen MR) is 76.4 cm³/mol. The highest BCUT2D eigenvalue weighted by Gasteiger charge is 2.22. The van der Waals surface area contributed by atoms with E-state index < -0.39 is 0 Å². The van der Waals surface area contributed by atoms with Crippen molar-refractivity contribution in [1.82, 2.24) is 15.1 Å². The van der Waals surface area contributed by atoms with Gasteiger partial charge in [0, 0.05) is 12.6 Å². The largest absolute Gasteiger partial charge is 0.494 e. The van der Waals surface area contributed by atoms with E-state index in [0.29, 0.717) is 5.56 Å². The lowest BCUT2D eigenvalue weighted by Gasteiger charge is -2.18. The van der Waals surface area contributed by atoms with Crippen molar-refractivity contribution < 1.29 is 9.13 Å². The fourth-order valence-corrected chi connectivity index (χ4v) is 2.36. The fourth-order valence-electron chi connectivity index (χ4n) is 2.36. The van der Waals surface area contributed by atoms with Crippen LogP contribution in [0.5, 0.6) is 5.75 Å². The number of rotatable bonds is 5. The molecule has 1 aromatic heterocycles. The molecule has 0 aliphatic rings. The molecule has 0 amide bonds. The van der Waals surface area contributed by atoms with E-state index in [1.807, 2.05) is 27.1 Å². The Kier molecular flexibility index (Phi) is 4.39. The molecule has 2 rings (SSSR count). The first-order chi connectivity index (χ1) is 9.62. The molecule has 20 heavy (non-hydrogen) atoms. The van der Waals surface area contributed by atoms with Crippen LogP contribution < -0.4 is 10.1 Å². The zero-order valence-electron chi connectivity index (χ0n) is 12.3. The van der Waals surface area contributed by atoms with Gasteiger partial charge in [-0.3, -0.25) is 4.68 Å². The van der Waals surface area contributed by atoms with Gasteiger partial charge >= 0.3 is 0 Å². The van der Waals surface area contributed by atoms with Crippen molar-refractivity contribution in [1.29, 1.82) is 0 Å². The minimum Gasteiger partial charge on any atom is -0.494 e. The van der Waals surface area contributed by atoms with Crippen molar-refractivity contribution >= 4 is 0 Å². The van der Waals surface area contributed by atoms with Gasteiger partial charge in [0.1, 0.15) is 0 Å². The molecule has 0 aliphatic carbocycles. The molecule has 108 valence electrons. The summed E-state index contributed by atoms with van der Waals surface area (Å²) < 4.78 is 21.3. The van der Waals surface area contributed by atoms with Gasteiger partial charge in [0.2, 0.25) is 0 Å². The summed E-state index contributed by atoms with van der Waals surface area (Å²) in [5.74, 6) is -0.0887. The molecule has 1 aromatic carbocycles. The van der Waals surface area contributed by atoms with E-state index in [9.17, 15) is 4.39 Å². The van der Waals surface area contributed by atoms with Gasteiger partial charge in [0.05, 0.1) is 24.5 Å². The molecule has 1 unspecified atom stereocenters. The number of benzene rings is 1. The predicted octanol–water partition coefficient (Wildman–Crippen LogP) is 2.44. The highest BCUT2D eigenvalue weighted by molar-refractivity contribution is 5.37. The van der Waals surface area contributed by atoms with Gasteiger partial charge in [-0.05, 0) is 25.6 Å². The average molecular weight is 277 g/mol. The van der Waals surface area contributed by atoms with Crippen LogP contribution in [0, 0.1) is 5.82 Å². The zero-order chi connectivity index (χ0) is 14.7. The van der Waals surface area contributed by atoms with Crippen LogP contribution in [-0.4, -0.2) is 23.9 Å². The minimum atomic E-state index is -0.339. The number of ether oxygens (including phenoxy) is 1. The van der Waals surface area contributed by atoms with E-state index in [0.717, 1.165) is 17.8 Å². The smallest absolute Gasteiger partial charge is 0.170 e. The molecular formula is C15H20FN3O. The van der Waals surface area contributed by atoms with E-state index in [1.54, 1.807) is 22.9 Å². The molecule has 0 fully saturated rings. The van der Waals surface area contributed by atoms with Crippen LogP contribution >= 0.6 is 0 Å². The molecule has 4 nitrogen and oxygen atoms in total. The van der Waals surface area contributed by atoms with Gasteiger partial charge in [-0.1, -0.05) is 19.1 Å². The Bertz CT molecular complexity index is 595. The third kappa shape index (κ3) is 2.54. The molecule has 1 N–H and O–H groups in total. The summed E-state index contributed by atoms with van der Waals surface area (Å²) in [6.07, 6.45) is 0.852. The van der Waals surface area contributed by atoms with E-state index >= 15 is 0 Å². The summed E-state index contributed by atoms with van der Waals surface area (Å²) >= 11 is 0. The number of aromatic nitrogens is 2. The summed E-state index contributed by atoms with van der Waals surface area (Å²) in [5.41, 5.74) is 2.47. The molecule has 0 aliphatic heterocycles. The number of nitrogens with zero attached hydrogens (tertiary/aromatic N) is 2. The molecule has 0 saturated carbocycles. The number of aryl methyl sites for hydroxylation is 2. The van der Waals surface area contributed by atoms with Gasteiger partial charge in [-0.2, -0.15) is 5.10 Å². The molecule has 0 saturated heterocycles. The zero-order valence-corrected chi connectivity index (χ0v) is 12.3. The topological polar surface area (TPSA) is 39.1 Å². The Morgan fingerprint density at radius 2 is 2.20 bits per heavy atom. The van der Waals surface area contributed by atoms with Crippen molar-refractivity contribution in [3.8, 4) is 5.75 Å². The standard InChI is InChI=1S/C15H20FN3O/c1-5-10-9-12(19(3)18-10)15(17-2)11-7-6-8-13(20-4)14(11)16/h6-9,15,17H,5H2,1-4H3. The van der Waals surface area contributed by atoms with Crippen LogP contribution in [0.1, 0.15) is 29.9 Å². The Morgan fingerprint density at radius 1 is 1.45 bits per heavy atom. The monoisotopic (exact) mass is 277 g/mol. The van der Waals surface area contributed by atoms with E-state index in [4.69, 9.17) is 4.74 Å². The number of nitrogens with one attached hydrogen (secondary N) is 1. The molecule has 0 bridgehead atoms. The van der Waals surface area contributed by atoms with Gasteiger partial charge in [0.25, 0.3) is 0 Å². The summed E-state index contributed by atoms with van der Waals surface area (Å²) in [5, 5.41) is 7.57. The Morgan fingerprint density at radius 3 is 2.75 bits per heavy atom. The maximum atomic E-state index is 14.4. The van der Waals surface area contributed by atoms with E-state index in [-0.39, 0.29) is 17.6 Å². The lowest BCUT2D eigenvalue weighted by molar-refractivity contribution is 0.381. The van der Waals surface area contributed by atoms with Crippen molar-refractivity contribution in [2.75, 3.05) is 14.2 Å². The summed E-state index contributed by atoms with van der Waals surface area (Å²) in [6.45, 7) is 2.05. The first-order valence-electron chi connectivity index (χ1n) is 6.64. The number of halogens is 1. The van der Waals surface area contributed by atoms with Crippen molar-refractivity contribution in [2.45, 2.75) is 19.4 Å². The van der Waals surface area contributed by atoms with Gasteiger partial charge in [-0.25, -0.2) is 4.39 Å². The second kappa shape index (κ2) is 6.05. The third-order valence-electron chi connectivity index (χ3n) is 3.44.